The van der Waals surface area contributed by atoms with Crippen LogP contribution in [0.3, 0.4) is 0 Å². The summed E-state index contributed by atoms with van der Waals surface area (Å²) in [5, 5.41) is 3.94. The van der Waals surface area contributed by atoms with Crippen LogP contribution in [-0.4, -0.2) is 19.9 Å². The second-order valence-electron chi connectivity index (χ2n) is 6.21. The number of nitrogens with zero attached hydrogens (tertiary/aromatic N) is 3. The smallest absolute Gasteiger partial charge is 0.252 e. The molecule has 7 heteroatoms. The SMILES string of the molecule is Cc1nc(Nc2nc(-c3ccc(F)cc3)cc(=O)[nH]2)nc2c(C)cccc12. The zero-order valence-corrected chi connectivity index (χ0v) is 14.7. The predicted octanol–water partition coefficient (Wildman–Crippen LogP) is 3.88. The van der Waals surface area contributed by atoms with Gasteiger partial charge in [-0.2, -0.15) is 0 Å². The summed E-state index contributed by atoms with van der Waals surface area (Å²) in [6, 6.07) is 13.1. The second-order valence-corrected chi connectivity index (χ2v) is 6.21. The van der Waals surface area contributed by atoms with Gasteiger partial charge in [-0.3, -0.25) is 15.1 Å². The Hall–Kier alpha value is -3.61. The molecule has 6 nitrogen and oxygen atoms in total. The number of hydrogen-bond donors (Lipinski definition) is 2. The van der Waals surface area contributed by atoms with Gasteiger partial charge in [0.15, 0.2) is 0 Å². The summed E-state index contributed by atoms with van der Waals surface area (Å²) in [6.45, 7) is 3.88. The molecule has 2 aromatic heterocycles. The van der Waals surface area contributed by atoms with Gasteiger partial charge >= 0.3 is 0 Å². The van der Waals surface area contributed by atoms with Gasteiger partial charge in [0.1, 0.15) is 5.82 Å². The van der Waals surface area contributed by atoms with Crippen molar-refractivity contribution in [1.29, 1.82) is 0 Å². The van der Waals surface area contributed by atoms with Gasteiger partial charge < -0.3 is 0 Å². The van der Waals surface area contributed by atoms with Gasteiger partial charge in [0.2, 0.25) is 11.9 Å². The number of aromatic nitrogens is 4. The third kappa shape index (κ3) is 3.39. The molecule has 0 spiro atoms. The molecule has 0 atom stereocenters. The Balaban J connectivity index is 1.75. The fourth-order valence-corrected chi connectivity index (χ4v) is 2.90. The summed E-state index contributed by atoms with van der Waals surface area (Å²) in [7, 11) is 0. The number of H-pyrrole nitrogens is 1. The zero-order valence-electron chi connectivity index (χ0n) is 14.7. The van der Waals surface area contributed by atoms with Gasteiger partial charge in [0.25, 0.3) is 5.56 Å². The van der Waals surface area contributed by atoms with Gasteiger partial charge in [-0.15, -0.1) is 0 Å². The minimum atomic E-state index is -0.350. The third-order valence-electron chi connectivity index (χ3n) is 4.23. The first kappa shape index (κ1) is 16.8. The highest BCUT2D eigenvalue weighted by molar-refractivity contribution is 5.84. The van der Waals surface area contributed by atoms with Gasteiger partial charge in [0, 0.05) is 17.0 Å². The van der Waals surface area contributed by atoms with Crippen molar-refractivity contribution in [3.63, 3.8) is 0 Å². The van der Waals surface area contributed by atoms with Crippen LogP contribution < -0.4 is 10.9 Å². The average molecular weight is 361 g/mol. The fraction of sp³-hybridized carbons (Fsp3) is 0.100. The topological polar surface area (TPSA) is 83.6 Å². The van der Waals surface area contributed by atoms with Gasteiger partial charge in [-0.25, -0.2) is 19.3 Å². The quantitative estimate of drug-likeness (QED) is 0.579. The molecule has 27 heavy (non-hydrogen) atoms. The van der Waals surface area contributed by atoms with Crippen molar-refractivity contribution in [1.82, 2.24) is 19.9 Å². The summed E-state index contributed by atoms with van der Waals surface area (Å²) in [4.78, 5) is 28.0. The van der Waals surface area contributed by atoms with E-state index in [2.05, 4.69) is 25.3 Å². The monoisotopic (exact) mass is 361 g/mol. The molecule has 0 aliphatic rings. The molecule has 0 fully saturated rings. The Kier molecular flexibility index (Phi) is 4.12. The Labute approximate surface area is 154 Å². The first-order valence-corrected chi connectivity index (χ1v) is 8.38. The molecule has 0 saturated heterocycles. The lowest BCUT2D eigenvalue weighted by atomic mass is 10.1. The van der Waals surface area contributed by atoms with Crippen LogP contribution in [0.1, 0.15) is 11.3 Å². The van der Waals surface area contributed by atoms with Crippen molar-refractivity contribution in [2.24, 2.45) is 0 Å². The second kappa shape index (κ2) is 6.60. The minimum Gasteiger partial charge on any atom is -0.294 e. The van der Waals surface area contributed by atoms with Crippen LogP contribution in [0, 0.1) is 19.7 Å². The minimum absolute atomic E-state index is 0.217. The van der Waals surface area contributed by atoms with E-state index >= 15 is 0 Å². The fourth-order valence-electron chi connectivity index (χ4n) is 2.90. The Morgan fingerprint density at radius 2 is 1.78 bits per heavy atom. The van der Waals surface area contributed by atoms with E-state index in [4.69, 9.17) is 0 Å². The number of para-hydroxylation sites is 1. The van der Waals surface area contributed by atoms with E-state index in [9.17, 15) is 9.18 Å². The molecule has 4 rings (SSSR count). The molecular weight excluding hydrogens is 345 g/mol. The van der Waals surface area contributed by atoms with Crippen LogP contribution in [0.25, 0.3) is 22.2 Å². The summed E-state index contributed by atoms with van der Waals surface area (Å²) < 4.78 is 13.1. The molecule has 2 heterocycles. The van der Waals surface area contributed by atoms with Crippen molar-refractivity contribution in [3.8, 4) is 11.3 Å². The molecule has 2 N–H and O–H groups in total. The lowest BCUT2D eigenvalue weighted by Gasteiger charge is -2.09. The lowest BCUT2D eigenvalue weighted by Crippen LogP contribution is -2.12. The summed E-state index contributed by atoms with van der Waals surface area (Å²) in [5.41, 5.74) is 3.42. The highest BCUT2D eigenvalue weighted by Gasteiger charge is 2.09. The van der Waals surface area contributed by atoms with Crippen molar-refractivity contribution in [2.45, 2.75) is 13.8 Å². The third-order valence-corrected chi connectivity index (χ3v) is 4.23. The highest BCUT2D eigenvalue weighted by Crippen LogP contribution is 2.22. The maximum absolute atomic E-state index is 13.1. The number of hydrogen-bond acceptors (Lipinski definition) is 5. The number of aryl methyl sites for hydroxylation is 2. The molecule has 0 aliphatic heterocycles. The van der Waals surface area contributed by atoms with Gasteiger partial charge in [-0.1, -0.05) is 18.2 Å². The summed E-state index contributed by atoms with van der Waals surface area (Å²) in [5.74, 6) is 0.209. The van der Waals surface area contributed by atoms with Gasteiger partial charge in [-0.05, 0) is 43.7 Å². The molecule has 0 aliphatic carbocycles. The first-order valence-electron chi connectivity index (χ1n) is 8.38. The van der Waals surface area contributed by atoms with Gasteiger partial charge in [0.05, 0.1) is 16.9 Å². The van der Waals surface area contributed by atoms with Crippen molar-refractivity contribution >= 4 is 22.8 Å². The van der Waals surface area contributed by atoms with E-state index in [0.717, 1.165) is 22.2 Å². The van der Waals surface area contributed by atoms with Crippen LogP contribution in [0.15, 0.2) is 53.3 Å². The largest absolute Gasteiger partial charge is 0.294 e. The zero-order chi connectivity index (χ0) is 19.0. The van der Waals surface area contributed by atoms with Crippen molar-refractivity contribution in [2.75, 3.05) is 5.32 Å². The number of rotatable bonds is 3. The normalized spacial score (nSPS) is 10.9. The number of benzene rings is 2. The van der Waals surface area contributed by atoms with E-state index in [0.29, 0.717) is 17.2 Å². The number of halogens is 1. The van der Waals surface area contributed by atoms with Crippen molar-refractivity contribution in [3.05, 3.63) is 76.0 Å². The number of fused-ring (bicyclic) bond motifs is 1. The summed E-state index contributed by atoms with van der Waals surface area (Å²) >= 11 is 0. The molecule has 134 valence electrons. The number of anilines is 2. The Morgan fingerprint density at radius 3 is 2.56 bits per heavy atom. The molecular formula is C20H16FN5O. The van der Waals surface area contributed by atoms with Crippen LogP contribution in [0.2, 0.25) is 0 Å². The molecule has 0 unspecified atom stereocenters. The van der Waals surface area contributed by atoms with E-state index in [1.54, 1.807) is 12.1 Å². The van der Waals surface area contributed by atoms with Crippen LogP contribution in [0.4, 0.5) is 16.3 Å². The highest BCUT2D eigenvalue weighted by atomic mass is 19.1. The number of aromatic amines is 1. The lowest BCUT2D eigenvalue weighted by molar-refractivity contribution is 0.628. The molecule has 0 bridgehead atoms. The van der Waals surface area contributed by atoms with E-state index in [1.165, 1.54) is 18.2 Å². The maximum atomic E-state index is 13.1. The first-order chi connectivity index (χ1) is 13.0. The molecule has 0 amide bonds. The maximum Gasteiger partial charge on any atom is 0.252 e. The average Bonchev–Trinajstić information content (AvgIpc) is 2.63. The van der Waals surface area contributed by atoms with E-state index < -0.39 is 0 Å². The van der Waals surface area contributed by atoms with Crippen LogP contribution in [0.5, 0.6) is 0 Å². The summed E-state index contributed by atoms with van der Waals surface area (Å²) in [6.07, 6.45) is 0. The molecule has 0 saturated carbocycles. The predicted molar refractivity (Wildman–Crippen MR) is 103 cm³/mol. The van der Waals surface area contributed by atoms with Crippen LogP contribution >= 0.6 is 0 Å². The van der Waals surface area contributed by atoms with E-state index in [-0.39, 0.29) is 17.3 Å². The number of nitrogens with one attached hydrogen (secondary N) is 2. The standard InChI is InChI=1S/C20H16FN5O/c1-11-4-3-5-15-12(2)22-19(25-18(11)15)26-20-23-16(10-17(27)24-20)13-6-8-14(21)9-7-13/h3-10H,1-2H3,(H2,22,23,24,25,26,27). The van der Waals surface area contributed by atoms with Crippen molar-refractivity contribution < 1.29 is 4.39 Å². The molecule has 2 aromatic carbocycles. The Morgan fingerprint density at radius 1 is 1.00 bits per heavy atom. The van der Waals surface area contributed by atoms with E-state index in [1.807, 2.05) is 32.0 Å². The van der Waals surface area contributed by atoms with Crippen LogP contribution in [-0.2, 0) is 0 Å². The molecule has 0 radical (unpaired) electrons. The molecule has 4 aromatic rings. The Bertz CT molecular complexity index is 1200.